The maximum Gasteiger partial charge on any atom is 0.293 e. The van der Waals surface area contributed by atoms with Gasteiger partial charge >= 0.3 is 0 Å². The van der Waals surface area contributed by atoms with Crippen LogP contribution in [0.2, 0.25) is 0 Å². The number of primary amides is 1. The summed E-state index contributed by atoms with van der Waals surface area (Å²) in [6.07, 6.45) is 0. The average molecular weight is 185 g/mol. The van der Waals surface area contributed by atoms with Gasteiger partial charge in [0.25, 0.3) is 5.91 Å². The Morgan fingerprint density at radius 2 is 1.93 bits per heavy atom. The molecule has 2 nitrogen and oxygen atoms in total. The molecule has 0 saturated heterocycles. The Kier molecular flexibility index (Phi) is 3.09. The summed E-state index contributed by atoms with van der Waals surface area (Å²) in [7, 11) is 0. The van der Waals surface area contributed by atoms with E-state index in [1.807, 2.05) is 31.2 Å². The normalized spacial score (nSPS) is 8.64. The number of benzene rings is 1. The summed E-state index contributed by atoms with van der Waals surface area (Å²) >= 11 is 0. The monoisotopic (exact) mass is 185 g/mol. The Balaban J connectivity index is 2.91. The Morgan fingerprint density at radius 1 is 1.36 bits per heavy atom. The van der Waals surface area contributed by atoms with Gasteiger partial charge in [-0.3, -0.25) is 4.79 Å². The highest BCUT2D eigenvalue weighted by molar-refractivity contribution is 5.92. The Morgan fingerprint density at radius 3 is 2.36 bits per heavy atom. The van der Waals surface area contributed by atoms with Crippen LogP contribution in [-0.2, 0) is 4.79 Å². The lowest BCUT2D eigenvalue weighted by Crippen LogP contribution is -2.06. The number of hydrogen-bond donors (Lipinski definition) is 1. The Labute approximate surface area is 83.4 Å². The number of amides is 1. The van der Waals surface area contributed by atoms with Gasteiger partial charge in [0.05, 0.1) is 0 Å². The molecule has 2 N–H and O–H groups in total. The zero-order valence-corrected chi connectivity index (χ0v) is 8.00. The molecular weight excluding hydrogens is 174 g/mol. The smallest absolute Gasteiger partial charge is 0.293 e. The van der Waals surface area contributed by atoms with Crippen molar-refractivity contribution < 1.29 is 4.79 Å². The SMILES string of the molecule is C=C(C)c1ccc(C#CC(N)=O)cc1. The number of hydrogen-bond acceptors (Lipinski definition) is 1. The molecule has 1 aromatic rings. The molecule has 1 rings (SSSR count). The molecule has 0 unspecified atom stereocenters. The second kappa shape index (κ2) is 4.29. The van der Waals surface area contributed by atoms with E-state index < -0.39 is 5.91 Å². The van der Waals surface area contributed by atoms with Crippen LogP contribution in [0.4, 0.5) is 0 Å². The van der Waals surface area contributed by atoms with Crippen molar-refractivity contribution in [2.75, 3.05) is 0 Å². The zero-order valence-electron chi connectivity index (χ0n) is 8.00. The number of carbonyl (C=O) groups is 1. The van der Waals surface area contributed by atoms with Crippen molar-refractivity contribution in [3.63, 3.8) is 0 Å². The van der Waals surface area contributed by atoms with Crippen LogP contribution >= 0.6 is 0 Å². The largest absolute Gasteiger partial charge is 0.359 e. The van der Waals surface area contributed by atoms with Gasteiger partial charge in [0.1, 0.15) is 0 Å². The maximum absolute atomic E-state index is 10.4. The van der Waals surface area contributed by atoms with Crippen molar-refractivity contribution in [2.45, 2.75) is 6.92 Å². The molecule has 0 aliphatic rings. The molecule has 2 heteroatoms. The molecule has 0 radical (unpaired) electrons. The third-order valence-electron chi connectivity index (χ3n) is 1.71. The van der Waals surface area contributed by atoms with Gasteiger partial charge in [-0.05, 0) is 30.5 Å². The van der Waals surface area contributed by atoms with Crippen LogP contribution in [0.5, 0.6) is 0 Å². The fraction of sp³-hybridized carbons (Fsp3) is 0.0833. The van der Waals surface area contributed by atoms with Crippen molar-refractivity contribution >= 4 is 11.5 Å². The summed E-state index contributed by atoms with van der Waals surface area (Å²) in [6.45, 7) is 5.75. The Bertz CT molecular complexity index is 418. The number of nitrogens with two attached hydrogens (primary N) is 1. The van der Waals surface area contributed by atoms with E-state index in [2.05, 4.69) is 18.4 Å². The third-order valence-corrected chi connectivity index (χ3v) is 1.71. The van der Waals surface area contributed by atoms with Crippen LogP contribution in [0.3, 0.4) is 0 Å². The van der Waals surface area contributed by atoms with Crippen LogP contribution in [0.15, 0.2) is 30.8 Å². The molecule has 0 aliphatic carbocycles. The highest BCUT2D eigenvalue weighted by Crippen LogP contribution is 2.11. The minimum absolute atomic E-state index is 0.617. The Hall–Kier alpha value is -2.01. The molecular formula is C12H11NO. The lowest BCUT2D eigenvalue weighted by atomic mass is 10.1. The zero-order chi connectivity index (χ0) is 10.6. The fourth-order valence-corrected chi connectivity index (χ4v) is 0.972. The van der Waals surface area contributed by atoms with Crippen molar-refractivity contribution in [1.82, 2.24) is 0 Å². The molecule has 0 aliphatic heterocycles. The van der Waals surface area contributed by atoms with E-state index in [0.29, 0.717) is 0 Å². The molecule has 0 bridgehead atoms. The quantitative estimate of drug-likeness (QED) is 0.663. The lowest BCUT2D eigenvalue weighted by Gasteiger charge is -1.97. The third kappa shape index (κ3) is 2.80. The number of carbonyl (C=O) groups excluding carboxylic acids is 1. The highest BCUT2D eigenvalue weighted by Gasteiger charge is 1.92. The minimum atomic E-state index is -0.617. The van der Waals surface area contributed by atoms with Gasteiger partial charge < -0.3 is 5.73 Å². The van der Waals surface area contributed by atoms with E-state index in [4.69, 9.17) is 5.73 Å². The topological polar surface area (TPSA) is 43.1 Å². The van der Waals surface area contributed by atoms with E-state index in [0.717, 1.165) is 16.7 Å². The summed E-state index contributed by atoms with van der Waals surface area (Å²) in [6, 6.07) is 7.49. The van der Waals surface area contributed by atoms with E-state index in [1.165, 1.54) is 0 Å². The standard InChI is InChI=1S/C12H11NO/c1-9(2)11-6-3-10(4-7-11)5-8-12(13)14/h3-4,6-7H,1H2,2H3,(H2,13,14). The van der Waals surface area contributed by atoms with Gasteiger partial charge in [0.2, 0.25) is 0 Å². The van der Waals surface area contributed by atoms with Crippen LogP contribution < -0.4 is 5.73 Å². The van der Waals surface area contributed by atoms with E-state index in [1.54, 1.807) is 0 Å². The fourth-order valence-electron chi connectivity index (χ4n) is 0.972. The summed E-state index contributed by atoms with van der Waals surface area (Å²) in [5.74, 6) is 4.32. The summed E-state index contributed by atoms with van der Waals surface area (Å²) < 4.78 is 0. The van der Waals surface area contributed by atoms with Crippen LogP contribution in [-0.4, -0.2) is 5.91 Å². The molecule has 0 aromatic heterocycles. The molecule has 0 heterocycles. The molecule has 0 spiro atoms. The first-order valence-electron chi connectivity index (χ1n) is 4.17. The molecule has 14 heavy (non-hydrogen) atoms. The van der Waals surface area contributed by atoms with Gasteiger partial charge in [-0.25, -0.2) is 0 Å². The van der Waals surface area contributed by atoms with Crippen LogP contribution in [0.1, 0.15) is 18.1 Å². The molecule has 0 fully saturated rings. The van der Waals surface area contributed by atoms with E-state index in [-0.39, 0.29) is 0 Å². The van der Waals surface area contributed by atoms with Crippen molar-refractivity contribution in [3.05, 3.63) is 42.0 Å². The predicted octanol–water partition coefficient (Wildman–Crippen LogP) is 1.56. The summed E-state index contributed by atoms with van der Waals surface area (Å²) in [5, 5.41) is 0. The molecule has 70 valence electrons. The van der Waals surface area contributed by atoms with E-state index >= 15 is 0 Å². The van der Waals surface area contributed by atoms with Crippen molar-refractivity contribution in [2.24, 2.45) is 5.73 Å². The highest BCUT2D eigenvalue weighted by atomic mass is 16.1. The van der Waals surface area contributed by atoms with Crippen LogP contribution in [0, 0.1) is 11.8 Å². The maximum atomic E-state index is 10.4. The molecule has 1 amide bonds. The predicted molar refractivity (Wildman–Crippen MR) is 57.2 cm³/mol. The van der Waals surface area contributed by atoms with Crippen LogP contribution in [0.25, 0.3) is 5.57 Å². The minimum Gasteiger partial charge on any atom is -0.359 e. The van der Waals surface area contributed by atoms with Gasteiger partial charge in [-0.1, -0.05) is 30.2 Å². The molecule has 1 aromatic carbocycles. The van der Waals surface area contributed by atoms with Crippen molar-refractivity contribution in [1.29, 1.82) is 0 Å². The van der Waals surface area contributed by atoms with E-state index in [9.17, 15) is 4.79 Å². The average Bonchev–Trinajstić information content (AvgIpc) is 2.15. The van der Waals surface area contributed by atoms with Gasteiger partial charge in [0, 0.05) is 5.56 Å². The summed E-state index contributed by atoms with van der Waals surface area (Å²) in [5.41, 5.74) is 7.73. The second-order valence-corrected chi connectivity index (χ2v) is 2.97. The van der Waals surface area contributed by atoms with Crippen molar-refractivity contribution in [3.8, 4) is 11.8 Å². The first-order chi connectivity index (χ1) is 6.59. The second-order valence-electron chi connectivity index (χ2n) is 2.97. The molecule has 0 saturated carbocycles. The van der Waals surface area contributed by atoms with Gasteiger partial charge in [-0.2, -0.15) is 0 Å². The number of allylic oxidation sites excluding steroid dienone is 1. The summed E-state index contributed by atoms with van der Waals surface area (Å²) in [4.78, 5) is 10.4. The molecule has 0 atom stereocenters. The van der Waals surface area contributed by atoms with Gasteiger partial charge in [0.15, 0.2) is 0 Å². The first-order valence-corrected chi connectivity index (χ1v) is 4.17. The number of rotatable bonds is 1. The lowest BCUT2D eigenvalue weighted by molar-refractivity contribution is -0.112. The first kappa shape index (κ1) is 10.1. The van der Waals surface area contributed by atoms with Gasteiger partial charge in [-0.15, -0.1) is 0 Å².